The lowest BCUT2D eigenvalue weighted by atomic mass is 10.0. The van der Waals surface area contributed by atoms with Crippen molar-refractivity contribution < 1.29 is 9.90 Å². The van der Waals surface area contributed by atoms with Gasteiger partial charge in [-0.1, -0.05) is 38.1 Å². The number of benzene rings is 2. The van der Waals surface area contributed by atoms with Crippen molar-refractivity contribution in [2.24, 2.45) is 0 Å². The Morgan fingerprint density at radius 1 is 1.09 bits per heavy atom. The molecule has 0 saturated carbocycles. The summed E-state index contributed by atoms with van der Waals surface area (Å²) in [6, 6.07) is 14.6. The second-order valence-electron chi connectivity index (χ2n) is 5.64. The van der Waals surface area contributed by atoms with Gasteiger partial charge in [0.25, 0.3) is 5.56 Å². The summed E-state index contributed by atoms with van der Waals surface area (Å²) in [5, 5.41) is 9.24. The van der Waals surface area contributed by atoms with Gasteiger partial charge < -0.3 is 5.11 Å². The number of carboxylic acid groups (broad SMARTS) is 1. The van der Waals surface area contributed by atoms with Gasteiger partial charge in [0.05, 0.1) is 11.0 Å². The molecule has 0 fully saturated rings. The first-order chi connectivity index (χ1) is 11.0. The van der Waals surface area contributed by atoms with E-state index in [1.807, 2.05) is 24.3 Å². The van der Waals surface area contributed by atoms with Crippen molar-refractivity contribution in [2.45, 2.75) is 19.8 Å². The summed E-state index contributed by atoms with van der Waals surface area (Å²) >= 11 is 0. The SMILES string of the molecule is CC(C)c1ccc(-n2c(=O)c(C(=O)O)nc3ccccc32)cc1. The average Bonchev–Trinajstić information content (AvgIpc) is 2.54. The first-order valence-corrected chi connectivity index (χ1v) is 7.34. The van der Waals surface area contributed by atoms with Crippen molar-refractivity contribution in [3.8, 4) is 5.69 Å². The predicted octanol–water partition coefficient (Wildman–Crippen LogP) is 3.21. The van der Waals surface area contributed by atoms with E-state index >= 15 is 0 Å². The van der Waals surface area contributed by atoms with E-state index in [1.54, 1.807) is 24.3 Å². The molecule has 5 nitrogen and oxygen atoms in total. The van der Waals surface area contributed by atoms with Crippen molar-refractivity contribution >= 4 is 17.0 Å². The molecule has 0 aliphatic heterocycles. The highest BCUT2D eigenvalue weighted by Gasteiger charge is 2.17. The summed E-state index contributed by atoms with van der Waals surface area (Å²) in [6.45, 7) is 4.18. The van der Waals surface area contributed by atoms with E-state index in [2.05, 4.69) is 18.8 Å². The molecule has 0 radical (unpaired) electrons. The fraction of sp³-hybridized carbons (Fsp3) is 0.167. The molecule has 3 rings (SSSR count). The number of hydrogen-bond acceptors (Lipinski definition) is 3. The molecule has 0 unspecified atom stereocenters. The molecular formula is C18H16N2O3. The van der Waals surface area contributed by atoms with E-state index in [9.17, 15) is 14.7 Å². The second kappa shape index (κ2) is 5.68. The summed E-state index contributed by atoms with van der Waals surface area (Å²) in [4.78, 5) is 27.9. The molecule has 0 atom stereocenters. The highest BCUT2D eigenvalue weighted by Crippen LogP contribution is 2.19. The van der Waals surface area contributed by atoms with Crippen LogP contribution in [0, 0.1) is 0 Å². The van der Waals surface area contributed by atoms with Gasteiger partial charge >= 0.3 is 5.97 Å². The van der Waals surface area contributed by atoms with Gasteiger partial charge in [-0.05, 0) is 35.7 Å². The summed E-state index contributed by atoms with van der Waals surface area (Å²) in [7, 11) is 0. The first kappa shape index (κ1) is 15.0. The first-order valence-electron chi connectivity index (χ1n) is 7.34. The summed E-state index contributed by atoms with van der Waals surface area (Å²) < 4.78 is 1.40. The smallest absolute Gasteiger partial charge is 0.360 e. The molecule has 0 aliphatic rings. The zero-order valence-corrected chi connectivity index (χ0v) is 12.9. The van der Waals surface area contributed by atoms with Crippen LogP contribution in [0.15, 0.2) is 53.3 Å². The third-order valence-corrected chi connectivity index (χ3v) is 3.78. The number of carboxylic acids is 1. The molecule has 0 aliphatic carbocycles. The Hall–Kier alpha value is -2.95. The fourth-order valence-electron chi connectivity index (χ4n) is 2.54. The molecule has 0 bridgehead atoms. The van der Waals surface area contributed by atoms with Crippen molar-refractivity contribution in [1.82, 2.24) is 9.55 Å². The third-order valence-electron chi connectivity index (χ3n) is 3.78. The van der Waals surface area contributed by atoms with Crippen LogP contribution < -0.4 is 5.56 Å². The van der Waals surface area contributed by atoms with Crippen LogP contribution in [0.2, 0.25) is 0 Å². The minimum Gasteiger partial charge on any atom is -0.476 e. The zero-order valence-electron chi connectivity index (χ0n) is 12.9. The Bertz CT molecular complexity index is 941. The molecular weight excluding hydrogens is 292 g/mol. The lowest BCUT2D eigenvalue weighted by Crippen LogP contribution is -2.27. The standard InChI is InChI=1S/C18H16N2O3/c1-11(2)12-7-9-13(10-8-12)20-15-6-4-3-5-14(15)19-16(17(20)21)18(22)23/h3-11H,1-2H3,(H,22,23). The Kier molecular flexibility index (Phi) is 3.70. The quantitative estimate of drug-likeness (QED) is 0.806. The van der Waals surface area contributed by atoms with Gasteiger partial charge in [-0.2, -0.15) is 0 Å². The maximum Gasteiger partial charge on any atom is 0.360 e. The van der Waals surface area contributed by atoms with Crippen molar-refractivity contribution in [2.75, 3.05) is 0 Å². The molecule has 5 heteroatoms. The summed E-state index contributed by atoms with van der Waals surface area (Å²) in [5.74, 6) is -0.946. The van der Waals surface area contributed by atoms with Crippen molar-refractivity contribution in [1.29, 1.82) is 0 Å². The topological polar surface area (TPSA) is 72.2 Å². The highest BCUT2D eigenvalue weighted by atomic mass is 16.4. The molecule has 116 valence electrons. The van der Waals surface area contributed by atoms with Crippen LogP contribution in [0.25, 0.3) is 16.7 Å². The molecule has 1 aromatic heterocycles. The van der Waals surface area contributed by atoms with Crippen LogP contribution in [-0.2, 0) is 0 Å². The number of aromatic carboxylic acids is 1. The summed E-state index contributed by atoms with van der Waals surface area (Å²) in [6.07, 6.45) is 0. The minimum absolute atomic E-state index is 0.379. The van der Waals surface area contributed by atoms with Gasteiger partial charge in [-0.3, -0.25) is 9.36 Å². The van der Waals surface area contributed by atoms with Gasteiger partial charge in [0.15, 0.2) is 0 Å². The van der Waals surface area contributed by atoms with E-state index in [-0.39, 0.29) is 0 Å². The molecule has 0 spiro atoms. The van der Waals surface area contributed by atoms with Crippen LogP contribution in [-0.4, -0.2) is 20.6 Å². The normalized spacial score (nSPS) is 11.1. The third kappa shape index (κ3) is 2.61. The van der Waals surface area contributed by atoms with Crippen LogP contribution in [0.4, 0.5) is 0 Å². The van der Waals surface area contributed by atoms with Gasteiger partial charge in [0.2, 0.25) is 5.69 Å². The summed E-state index contributed by atoms with van der Waals surface area (Å²) in [5.41, 5.74) is 1.72. The van der Waals surface area contributed by atoms with Gasteiger partial charge in [-0.25, -0.2) is 9.78 Å². The number of carbonyl (C=O) groups is 1. The van der Waals surface area contributed by atoms with Crippen LogP contribution in [0.1, 0.15) is 35.8 Å². The lowest BCUT2D eigenvalue weighted by molar-refractivity contribution is 0.0688. The molecule has 3 aromatic rings. The van der Waals surface area contributed by atoms with Crippen LogP contribution >= 0.6 is 0 Å². The molecule has 1 N–H and O–H groups in total. The minimum atomic E-state index is -1.33. The number of hydrogen-bond donors (Lipinski definition) is 1. The molecule has 23 heavy (non-hydrogen) atoms. The van der Waals surface area contributed by atoms with Crippen LogP contribution in [0.3, 0.4) is 0 Å². The number of fused-ring (bicyclic) bond motifs is 1. The Morgan fingerprint density at radius 2 is 1.74 bits per heavy atom. The van der Waals surface area contributed by atoms with Gasteiger partial charge in [0, 0.05) is 5.69 Å². The Labute approximate surface area is 132 Å². The molecule has 0 amide bonds. The van der Waals surface area contributed by atoms with E-state index in [0.717, 1.165) is 5.56 Å². The second-order valence-corrected chi connectivity index (χ2v) is 5.64. The monoisotopic (exact) mass is 308 g/mol. The zero-order chi connectivity index (χ0) is 16.6. The Balaban J connectivity index is 2.33. The van der Waals surface area contributed by atoms with Gasteiger partial charge in [0.1, 0.15) is 0 Å². The maximum atomic E-state index is 12.6. The largest absolute Gasteiger partial charge is 0.476 e. The van der Waals surface area contributed by atoms with Gasteiger partial charge in [-0.15, -0.1) is 0 Å². The maximum absolute atomic E-state index is 12.6. The lowest BCUT2D eigenvalue weighted by Gasteiger charge is -2.12. The number of aromatic nitrogens is 2. The Morgan fingerprint density at radius 3 is 2.35 bits per heavy atom. The number of rotatable bonds is 3. The fourth-order valence-corrected chi connectivity index (χ4v) is 2.54. The molecule has 2 aromatic carbocycles. The highest BCUT2D eigenvalue weighted by molar-refractivity contribution is 5.88. The average molecular weight is 308 g/mol. The predicted molar refractivity (Wildman–Crippen MR) is 88.4 cm³/mol. The molecule has 0 saturated heterocycles. The number of nitrogens with zero attached hydrogens (tertiary/aromatic N) is 2. The number of para-hydroxylation sites is 2. The van der Waals surface area contributed by atoms with Crippen molar-refractivity contribution in [3.63, 3.8) is 0 Å². The van der Waals surface area contributed by atoms with E-state index < -0.39 is 17.2 Å². The van der Waals surface area contributed by atoms with E-state index in [4.69, 9.17) is 0 Å². The van der Waals surface area contributed by atoms with E-state index in [1.165, 1.54) is 4.57 Å². The molecule has 1 heterocycles. The van der Waals surface area contributed by atoms with E-state index in [0.29, 0.717) is 22.6 Å². The van der Waals surface area contributed by atoms with Crippen molar-refractivity contribution in [3.05, 3.63) is 70.1 Å². The van der Waals surface area contributed by atoms with Crippen LogP contribution in [0.5, 0.6) is 0 Å².